The Bertz CT molecular complexity index is 4000. The average Bonchev–Trinajstić information content (AvgIpc) is 0.673. The lowest BCUT2D eigenvalue weighted by Gasteiger charge is -2.47. The summed E-state index contributed by atoms with van der Waals surface area (Å²) in [5.41, 5.74) is 28.0. The Labute approximate surface area is 549 Å². The summed E-state index contributed by atoms with van der Waals surface area (Å²) < 4.78 is 16.2. The van der Waals surface area contributed by atoms with Crippen LogP contribution in [0.15, 0.2) is 170 Å². The fourth-order valence-electron chi connectivity index (χ4n) is 18.3. The number of rotatable bonds is 8. The van der Waals surface area contributed by atoms with Crippen LogP contribution in [0.1, 0.15) is 227 Å². The molecular weight excluding hydrogens is 1110 g/mol. The molecule has 0 atom stereocenters. The first-order valence-corrected chi connectivity index (χ1v) is 36.0. The van der Waals surface area contributed by atoms with E-state index >= 15 is 0 Å². The quantitative estimate of drug-likeness (QED) is 0.142. The first kappa shape index (κ1) is 58.2. The van der Waals surface area contributed by atoms with Crippen molar-refractivity contribution in [1.29, 1.82) is 0 Å². The minimum atomic E-state index is -0.164. The van der Waals surface area contributed by atoms with Gasteiger partial charge < -0.3 is 19.3 Å². The van der Waals surface area contributed by atoms with Crippen molar-refractivity contribution in [3.05, 3.63) is 203 Å². The van der Waals surface area contributed by atoms with Gasteiger partial charge in [-0.2, -0.15) is 0 Å². The molecule has 8 aliphatic rings. The molecule has 0 aromatic heterocycles. The van der Waals surface area contributed by atoms with Crippen LogP contribution in [0.5, 0.6) is 23.0 Å². The molecule has 0 amide bonds. The summed E-state index contributed by atoms with van der Waals surface area (Å²) in [5, 5.41) is 0. The maximum atomic E-state index is 8.09. The molecule has 92 heavy (non-hydrogen) atoms. The van der Waals surface area contributed by atoms with Crippen LogP contribution in [0.4, 0.5) is 34.1 Å². The summed E-state index contributed by atoms with van der Waals surface area (Å²) in [6, 6.07) is 68.1. The monoisotopic (exact) mass is 1200 g/mol. The number of anilines is 6. The van der Waals surface area contributed by atoms with Crippen LogP contribution in [-0.2, 0) is 10.8 Å². The van der Waals surface area contributed by atoms with E-state index in [4.69, 9.17) is 9.47 Å². The highest BCUT2D eigenvalue weighted by Gasteiger charge is 2.53. The van der Waals surface area contributed by atoms with Crippen molar-refractivity contribution in [2.24, 2.45) is 0 Å². The van der Waals surface area contributed by atoms with Gasteiger partial charge in [-0.25, -0.2) is 0 Å². The first-order chi connectivity index (χ1) is 44.9. The predicted octanol–water partition coefficient (Wildman–Crippen LogP) is 20.6. The Morgan fingerprint density at radius 2 is 0.630 bits per heavy atom. The minimum absolute atomic E-state index is 0.0530. The highest BCUT2D eigenvalue weighted by molar-refractivity contribution is 7.02. The average molecular weight is 1210 g/mol. The van der Waals surface area contributed by atoms with Gasteiger partial charge in [0.05, 0.1) is 11.4 Å². The van der Waals surface area contributed by atoms with Gasteiger partial charge in [0.2, 0.25) is 0 Å². The number of fused-ring (bicyclic) bond motifs is 10. The molecule has 6 heteroatoms. The van der Waals surface area contributed by atoms with Crippen LogP contribution in [0, 0.1) is 0 Å². The first-order valence-electron chi connectivity index (χ1n) is 36.0. The largest absolute Gasteiger partial charge is 0.456 e. The number of hydrogen-bond donors (Lipinski definition) is 0. The number of ether oxygens (including phenoxy) is 2. The van der Waals surface area contributed by atoms with Crippen molar-refractivity contribution < 1.29 is 9.47 Å². The lowest BCUT2D eigenvalue weighted by Crippen LogP contribution is -2.64. The Kier molecular flexibility index (Phi) is 14.6. The van der Waals surface area contributed by atoms with Crippen molar-refractivity contribution in [3.8, 4) is 45.3 Å². The Morgan fingerprint density at radius 1 is 0.315 bits per heavy atom. The van der Waals surface area contributed by atoms with Crippen LogP contribution in [-0.4, -0.2) is 13.4 Å². The zero-order chi connectivity index (χ0) is 62.0. The molecule has 0 spiro atoms. The maximum Gasteiger partial charge on any atom is 0.256 e. The van der Waals surface area contributed by atoms with E-state index in [2.05, 4.69) is 221 Å². The van der Waals surface area contributed by atoms with Gasteiger partial charge in [-0.3, -0.25) is 0 Å². The normalized spacial score (nSPS) is 18.2. The lowest BCUT2D eigenvalue weighted by atomic mass is 9.31. The summed E-state index contributed by atoms with van der Waals surface area (Å²) in [5.74, 6) is 6.00. The molecule has 4 aliphatic carbocycles. The van der Waals surface area contributed by atoms with Gasteiger partial charge in [-0.15, -0.1) is 0 Å². The smallest absolute Gasteiger partial charge is 0.256 e. The molecule has 0 bridgehead atoms. The Hall–Kier alpha value is -7.69. The highest BCUT2D eigenvalue weighted by atomic mass is 16.5. The van der Waals surface area contributed by atoms with Crippen molar-refractivity contribution in [2.75, 3.05) is 9.80 Å². The Morgan fingerprint density at radius 3 is 0.967 bits per heavy atom. The second-order valence-corrected chi connectivity index (χ2v) is 31.2. The summed E-state index contributed by atoms with van der Waals surface area (Å²) >= 11 is 0. The van der Waals surface area contributed by atoms with Gasteiger partial charge in [0.15, 0.2) is 0 Å². The van der Waals surface area contributed by atoms with E-state index in [0.717, 1.165) is 45.7 Å². The summed E-state index contributed by atoms with van der Waals surface area (Å²) in [7, 11) is 0. The van der Waals surface area contributed by atoms with E-state index in [1.54, 1.807) is 0 Å². The van der Waals surface area contributed by atoms with E-state index in [1.165, 1.54) is 228 Å². The second-order valence-electron chi connectivity index (χ2n) is 31.2. The fourth-order valence-corrected chi connectivity index (χ4v) is 18.3. The molecule has 4 heterocycles. The molecular formula is C86H90B2N2O2. The van der Waals surface area contributed by atoms with Crippen molar-refractivity contribution in [1.82, 2.24) is 0 Å². The van der Waals surface area contributed by atoms with Crippen LogP contribution in [0.3, 0.4) is 0 Å². The molecule has 9 aromatic rings. The summed E-state index contributed by atoms with van der Waals surface area (Å²) in [4.78, 5) is 5.28. The SMILES string of the molecule is CC(C)(C)c1ccc(-c2ccc3c(c2)B2c4cc(C5CCCCC5)ccc4N(c4ccc(C5CCCCC5)cc4)c4c5c6c(c(c42)O3)N(c2ccc(C3CCCCC3)cc2)c2ccc(C3CCCCC3)cc2B6c2cc(-c3ccc(C(C)(C)C)cc3)ccc2O5)cc1. The van der Waals surface area contributed by atoms with Crippen molar-refractivity contribution in [3.63, 3.8) is 0 Å². The van der Waals surface area contributed by atoms with Gasteiger partial charge in [0, 0.05) is 33.7 Å². The molecule has 0 radical (unpaired) electrons. The predicted molar refractivity (Wildman–Crippen MR) is 390 cm³/mol. The highest BCUT2D eigenvalue weighted by Crippen LogP contribution is 2.55. The number of hydrogen-bond acceptors (Lipinski definition) is 4. The van der Waals surface area contributed by atoms with Gasteiger partial charge in [0.25, 0.3) is 13.4 Å². The lowest BCUT2D eigenvalue weighted by molar-refractivity contribution is 0.443. The van der Waals surface area contributed by atoms with E-state index in [1.807, 2.05) is 0 Å². The molecule has 4 fully saturated rings. The zero-order valence-corrected chi connectivity index (χ0v) is 55.5. The van der Waals surface area contributed by atoms with Crippen LogP contribution < -0.4 is 52.1 Å². The topological polar surface area (TPSA) is 24.9 Å². The molecule has 4 nitrogen and oxygen atoms in total. The molecule has 462 valence electrons. The van der Waals surface area contributed by atoms with Gasteiger partial charge in [-0.05, 0) is 212 Å². The minimum Gasteiger partial charge on any atom is -0.456 e. The zero-order valence-electron chi connectivity index (χ0n) is 55.5. The molecule has 9 aromatic carbocycles. The third kappa shape index (κ3) is 10.1. The third-order valence-corrected chi connectivity index (χ3v) is 23.5. The summed E-state index contributed by atoms with van der Waals surface area (Å²) in [6.07, 6.45) is 25.7. The van der Waals surface area contributed by atoms with E-state index in [-0.39, 0.29) is 24.3 Å². The van der Waals surface area contributed by atoms with Crippen LogP contribution in [0.2, 0.25) is 0 Å². The summed E-state index contributed by atoms with van der Waals surface area (Å²) in [6.45, 7) is 13.5. The molecule has 0 unspecified atom stereocenters. The van der Waals surface area contributed by atoms with Gasteiger partial charge in [0.1, 0.15) is 23.0 Å². The Balaban J connectivity index is 0.958. The number of benzene rings is 9. The van der Waals surface area contributed by atoms with Crippen molar-refractivity contribution >= 4 is 80.3 Å². The number of nitrogens with zero attached hydrogens (tertiary/aromatic N) is 2. The van der Waals surface area contributed by atoms with E-state index < -0.39 is 0 Å². The molecule has 0 N–H and O–H groups in total. The molecule has 4 aliphatic heterocycles. The standard InChI is InChI=1S/C86H90B2N2O2/c1-85(2,3)67-39-27-61(28-40-67)65-37-49-77-73(53-65)87-71-51-63(57-23-15-9-16-24-57)35-47-75(71)89(69-43-31-59(32-44-69)55-19-11-7-12-20-55)81-79(87)83(91-77)82-80-84(81)92-78-50-38-66(62-29-41-68(42-30-62)86(4,5)6)54-74(78)88(80)72-52-64(58-25-17-10-18-26-58)36-48-76(72)90(82)70-45-33-60(34-46-70)56-21-13-8-14-22-56/h27-58H,7-26H2,1-6H3. The van der Waals surface area contributed by atoms with Crippen LogP contribution in [0.25, 0.3) is 22.3 Å². The molecule has 17 rings (SSSR count). The fraction of sp³-hybridized carbons (Fsp3) is 0.372. The second kappa shape index (κ2) is 23.1. The van der Waals surface area contributed by atoms with E-state index in [0.29, 0.717) is 23.7 Å². The molecule has 0 saturated heterocycles. The molecule has 4 saturated carbocycles. The third-order valence-electron chi connectivity index (χ3n) is 23.5. The van der Waals surface area contributed by atoms with E-state index in [9.17, 15) is 0 Å². The van der Waals surface area contributed by atoms with Gasteiger partial charge >= 0.3 is 0 Å². The van der Waals surface area contributed by atoms with Crippen molar-refractivity contribution in [2.45, 2.75) is 204 Å². The van der Waals surface area contributed by atoms with Gasteiger partial charge in [-0.1, -0.05) is 240 Å². The van der Waals surface area contributed by atoms with Crippen LogP contribution >= 0.6 is 0 Å². The maximum absolute atomic E-state index is 8.09.